The van der Waals surface area contributed by atoms with Crippen molar-refractivity contribution in [1.82, 2.24) is 14.3 Å². The molecular weight excluding hydrogens is 464 g/mol. The number of aryl methyl sites for hydroxylation is 1. The van der Waals surface area contributed by atoms with Gasteiger partial charge >= 0.3 is 0 Å². The minimum Gasteiger partial charge on any atom is -0.467 e. The van der Waals surface area contributed by atoms with E-state index in [0.717, 1.165) is 17.3 Å². The predicted octanol–water partition coefficient (Wildman–Crippen LogP) is 2.42. The Balaban J connectivity index is 1.68. The van der Waals surface area contributed by atoms with E-state index in [1.807, 2.05) is 13.0 Å². The molecule has 0 aromatic carbocycles. The highest BCUT2D eigenvalue weighted by Gasteiger charge is 2.33. The Labute approximate surface area is 199 Å². The van der Waals surface area contributed by atoms with E-state index >= 15 is 0 Å². The van der Waals surface area contributed by atoms with Gasteiger partial charge < -0.3 is 19.6 Å². The third-order valence-corrected chi connectivity index (χ3v) is 6.20. The van der Waals surface area contributed by atoms with Crippen LogP contribution in [0.25, 0.3) is 11.7 Å². The largest absolute Gasteiger partial charge is 0.467 e. The van der Waals surface area contributed by atoms with E-state index in [2.05, 4.69) is 10.3 Å². The molecule has 1 aliphatic rings. The molecule has 33 heavy (non-hydrogen) atoms. The Morgan fingerprint density at radius 2 is 2.15 bits per heavy atom. The van der Waals surface area contributed by atoms with Crippen LogP contribution in [-0.4, -0.2) is 56.0 Å². The van der Waals surface area contributed by atoms with Gasteiger partial charge in [-0.25, -0.2) is 4.98 Å². The number of hydrogen-bond donors (Lipinski definition) is 2. The first-order valence-electron chi connectivity index (χ1n) is 10.2. The number of thiocarbonyl (C=S) groups is 1. The molecule has 3 aromatic rings. The number of aliphatic hydroxyl groups is 1. The van der Waals surface area contributed by atoms with Gasteiger partial charge in [-0.05, 0) is 36.8 Å². The minimum atomic E-state index is -0.307. The zero-order chi connectivity index (χ0) is 23.4. The number of pyridine rings is 1. The maximum atomic E-state index is 13.3. The van der Waals surface area contributed by atoms with E-state index in [-0.39, 0.29) is 36.8 Å². The van der Waals surface area contributed by atoms with Crippen LogP contribution >= 0.6 is 24.0 Å². The molecule has 2 N–H and O–H groups in total. The van der Waals surface area contributed by atoms with Crippen LogP contribution in [0.2, 0.25) is 0 Å². The molecule has 0 spiro atoms. The summed E-state index contributed by atoms with van der Waals surface area (Å²) in [6, 6.07) is 7.14. The Morgan fingerprint density at radius 1 is 1.30 bits per heavy atom. The first-order valence-corrected chi connectivity index (χ1v) is 11.4. The maximum absolute atomic E-state index is 13.3. The number of carbonyl (C=O) groups excluding carboxylic acids is 1. The summed E-state index contributed by atoms with van der Waals surface area (Å²) in [6.45, 7) is 2.95. The zero-order valence-electron chi connectivity index (χ0n) is 17.8. The highest BCUT2D eigenvalue weighted by molar-refractivity contribution is 8.26. The van der Waals surface area contributed by atoms with Crippen LogP contribution < -0.4 is 10.9 Å². The number of nitrogens with zero attached hydrogens (tertiary/aromatic N) is 3. The number of amides is 1. The molecular formula is C22H22N4O5S2. The number of ether oxygens (including phenoxy) is 1. The van der Waals surface area contributed by atoms with Crippen LogP contribution in [0.15, 0.2) is 50.8 Å². The lowest BCUT2D eigenvalue weighted by molar-refractivity contribution is -0.122. The fourth-order valence-electron chi connectivity index (χ4n) is 3.26. The van der Waals surface area contributed by atoms with Crippen LogP contribution in [-0.2, 0) is 16.1 Å². The van der Waals surface area contributed by atoms with Gasteiger partial charge in [0, 0.05) is 12.7 Å². The van der Waals surface area contributed by atoms with Crippen molar-refractivity contribution in [2.75, 3.05) is 31.7 Å². The molecule has 4 rings (SSSR count). The van der Waals surface area contributed by atoms with Gasteiger partial charge in [0.05, 0.1) is 43.1 Å². The summed E-state index contributed by atoms with van der Waals surface area (Å²) in [5.74, 6) is 0.654. The number of thioether (sulfide) groups is 1. The van der Waals surface area contributed by atoms with E-state index in [4.69, 9.17) is 26.5 Å². The number of nitrogens with one attached hydrogen (secondary N) is 1. The van der Waals surface area contributed by atoms with E-state index in [9.17, 15) is 9.59 Å². The number of fused-ring (bicyclic) bond motifs is 1. The maximum Gasteiger partial charge on any atom is 0.267 e. The monoisotopic (exact) mass is 486 g/mol. The lowest BCUT2D eigenvalue weighted by atomic mass is 10.2. The molecule has 0 atom stereocenters. The van der Waals surface area contributed by atoms with Gasteiger partial charge in [0.25, 0.3) is 11.5 Å². The van der Waals surface area contributed by atoms with Crippen molar-refractivity contribution in [3.8, 4) is 0 Å². The lowest BCUT2D eigenvalue weighted by Gasteiger charge is -2.12. The Hall–Kier alpha value is -2.99. The van der Waals surface area contributed by atoms with Crippen LogP contribution in [0, 0.1) is 6.92 Å². The highest BCUT2D eigenvalue weighted by Crippen LogP contribution is 2.34. The number of furan rings is 1. The Bertz CT molecular complexity index is 1270. The van der Waals surface area contributed by atoms with Gasteiger partial charge in [0.1, 0.15) is 21.5 Å². The second kappa shape index (κ2) is 10.3. The molecule has 0 aliphatic carbocycles. The van der Waals surface area contributed by atoms with Crippen molar-refractivity contribution < 1.29 is 19.1 Å². The molecule has 0 bridgehead atoms. The average Bonchev–Trinajstić information content (AvgIpc) is 3.40. The molecule has 0 radical (unpaired) electrons. The van der Waals surface area contributed by atoms with Crippen molar-refractivity contribution in [3.63, 3.8) is 0 Å². The molecule has 1 saturated heterocycles. The predicted molar refractivity (Wildman–Crippen MR) is 130 cm³/mol. The first kappa shape index (κ1) is 23.2. The molecule has 1 fully saturated rings. The molecule has 9 nitrogen and oxygen atoms in total. The lowest BCUT2D eigenvalue weighted by Crippen LogP contribution is -2.27. The number of carbonyl (C=O) groups is 1. The van der Waals surface area contributed by atoms with E-state index in [0.29, 0.717) is 39.6 Å². The van der Waals surface area contributed by atoms with Crippen molar-refractivity contribution in [1.29, 1.82) is 0 Å². The average molecular weight is 487 g/mol. The summed E-state index contributed by atoms with van der Waals surface area (Å²) in [5.41, 5.74) is 1.32. The van der Waals surface area contributed by atoms with E-state index < -0.39 is 0 Å². The molecule has 0 unspecified atom stereocenters. The third kappa shape index (κ3) is 5.17. The fourth-order valence-corrected chi connectivity index (χ4v) is 4.49. The van der Waals surface area contributed by atoms with Gasteiger partial charge in [-0.2, -0.15) is 0 Å². The fraction of sp³-hybridized carbons (Fsp3) is 0.273. The molecule has 4 heterocycles. The number of rotatable bonds is 9. The summed E-state index contributed by atoms with van der Waals surface area (Å²) in [6.07, 6.45) is 4.77. The molecule has 3 aromatic heterocycles. The molecule has 172 valence electrons. The van der Waals surface area contributed by atoms with Gasteiger partial charge in [-0.1, -0.05) is 30.0 Å². The topological polar surface area (TPSA) is 109 Å². The SMILES string of the molecule is Cc1ccc2nc(NCCOCCO)c(/C=C3/SC(=S)N(Cc4ccco4)C3=O)c(=O)n2c1. The normalized spacial score (nSPS) is 15.2. The van der Waals surface area contributed by atoms with E-state index in [1.54, 1.807) is 24.4 Å². The van der Waals surface area contributed by atoms with Crippen LogP contribution in [0.1, 0.15) is 16.9 Å². The van der Waals surface area contributed by atoms with Crippen molar-refractivity contribution >= 4 is 51.7 Å². The number of aromatic nitrogens is 2. The molecule has 1 amide bonds. The summed E-state index contributed by atoms with van der Waals surface area (Å²) >= 11 is 6.52. The van der Waals surface area contributed by atoms with Gasteiger partial charge in [-0.3, -0.25) is 18.9 Å². The van der Waals surface area contributed by atoms with Crippen molar-refractivity contribution in [2.24, 2.45) is 0 Å². The van der Waals surface area contributed by atoms with Crippen molar-refractivity contribution in [2.45, 2.75) is 13.5 Å². The summed E-state index contributed by atoms with van der Waals surface area (Å²) in [4.78, 5) is 32.7. The first-order chi connectivity index (χ1) is 16.0. The van der Waals surface area contributed by atoms with Gasteiger partial charge in [0.15, 0.2) is 0 Å². The number of anilines is 1. The second-order valence-electron chi connectivity index (χ2n) is 7.22. The highest BCUT2D eigenvalue weighted by atomic mass is 32.2. The number of hydrogen-bond acceptors (Lipinski definition) is 9. The van der Waals surface area contributed by atoms with Crippen LogP contribution in [0.4, 0.5) is 5.82 Å². The quantitative estimate of drug-likeness (QED) is 0.268. The van der Waals surface area contributed by atoms with Gasteiger partial charge in [-0.15, -0.1) is 0 Å². The van der Waals surface area contributed by atoms with Crippen LogP contribution in [0.3, 0.4) is 0 Å². The van der Waals surface area contributed by atoms with Crippen LogP contribution in [0.5, 0.6) is 0 Å². The Morgan fingerprint density at radius 3 is 2.91 bits per heavy atom. The van der Waals surface area contributed by atoms with Crippen molar-refractivity contribution in [3.05, 3.63) is 68.9 Å². The Kier molecular flexibility index (Phi) is 7.23. The smallest absolute Gasteiger partial charge is 0.267 e. The standard InChI is InChI=1S/C22H22N4O5S2/c1-14-4-5-18-24-19(23-6-9-30-10-7-27)16(20(28)25(18)12-14)11-17-21(29)26(22(32)33-17)13-15-3-2-8-31-15/h2-5,8,11-12,23,27H,6-7,9-10,13H2,1H3/b17-11+. The minimum absolute atomic E-state index is 0.0694. The summed E-state index contributed by atoms with van der Waals surface area (Å²) in [7, 11) is 0. The third-order valence-electron chi connectivity index (χ3n) is 4.82. The summed E-state index contributed by atoms with van der Waals surface area (Å²) in [5, 5.41) is 12.0. The summed E-state index contributed by atoms with van der Waals surface area (Å²) < 4.78 is 12.5. The number of aliphatic hydroxyl groups excluding tert-OH is 1. The molecule has 1 aliphatic heterocycles. The zero-order valence-corrected chi connectivity index (χ0v) is 19.4. The molecule has 0 saturated carbocycles. The second-order valence-corrected chi connectivity index (χ2v) is 8.90. The van der Waals surface area contributed by atoms with E-state index in [1.165, 1.54) is 21.6 Å². The van der Waals surface area contributed by atoms with Gasteiger partial charge in [0.2, 0.25) is 0 Å². The molecule has 11 heteroatoms.